The second-order valence-electron chi connectivity index (χ2n) is 3.96. The van der Waals surface area contributed by atoms with E-state index in [1.807, 2.05) is 19.1 Å². The van der Waals surface area contributed by atoms with Crippen LogP contribution in [-0.2, 0) is 4.79 Å². The molecular formula is C12H15IN2O4. The van der Waals surface area contributed by atoms with Crippen LogP contribution in [0.1, 0.15) is 12.0 Å². The summed E-state index contributed by atoms with van der Waals surface area (Å²) in [5.41, 5.74) is 1.50. The maximum Gasteiger partial charge on any atom is 0.326 e. The Balaban J connectivity index is 2.68. The van der Waals surface area contributed by atoms with E-state index in [9.17, 15) is 9.59 Å². The Bertz CT molecular complexity index is 479. The molecule has 0 aliphatic rings. The number of carboxylic acids is 1. The van der Waals surface area contributed by atoms with Gasteiger partial charge in [0.15, 0.2) is 0 Å². The fraction of sp³-hybridized carbons (Fsp3) is 0.333. The molecule has 0 bridgehead atoms. The van der Waals surface area contributed by atoms with Crippen molar-refractivity contribution in [2.75, 3.05) is 11.9 Å². The standard InChI is InChI=1S/C12H15IN2O4/c1-7-2-3-8(13)6-10(7)15-12(19)14-9(4-5-16)11(17)18/h2-3,6,9,16H,4-5H2,1H3,(H,17,18)(H2,14,15,19)/t9-/m1/s1. The minimum absolute atomic E-state index is 0.0337. The second-order valence-corrected chi connectivity index (χ2v) is 5.21. The van der Waals surface area contributed by atoms with Crippen LogP contribution in [0.2, 0.25) is 0 Å². The normalized spacial score (nSPS) is 11.7. The minimum atomic E-state index is -1.18. The number of nitrogens with one attached hydrogen (secondary N) is 2. The van der Waals surface area contributed by atoms with Gasteiger partial charge in [-0.25, -0.2) is 9.59 Å². The lowest BCUT2D eigenvalue weighted by atomic mass is 10.2. The number of urea groups is 1. The first-order chi connectivity index (χ1) is 8.93. The molecule has 1 atom stereocenters. The molecule has 19 heavy (non-hydrogen) atoms. The van der Waals surface area contributed by atoms with Gasteiger partial charge >= 0.3 is 12.0 Å². The van der Waals surface area contributed by atoms with E-state index in [4.69, 9.17) is 10.2 Å². The van der Waals surface area contributed by atoms with Gasteiger partial charge in [-0.05, 0) is 47.2 Å². The Morgan fingerprint density at radius 2 is 2.11 bits per heavy atom. The third-order valence-corrected chi connectivity index (χ3v) is 3.14. The quantitative estimate of drug-likeness (QED) is 0.585. The van der Waals surface area contributed by atoms with Crippen molar-refractivity contribution in [2.45, 2.75) is 19.4 Å². The third-order valence-electron chi connectivity index (χ3n) is 2.47. The highest BCUT2D eigenvalue weighted by molar-refractivity contribution is 14.1. The molecule has 0 spiro atoms. The van der Waals surface area contributed by atoms with Crippen LogP contribution in [0.3, 0.4) is 0 Å². The van der Waals surface area contributed by atoms with E-state index in [2.05, 4.69) is 33.2 Å². The van der Waals surface area contributed by atoms with E-state index in [0.29, 0.717) is 5.69 Å². The van der Waals surface area contributed by atoms with Crippen molar-refractivity contribution in [2.24, 2.45) is 0 Å². The predicted molar refractivity (Wildman–Crippen MR) is 79.2 cm³/mol. The Morgan fingerprint density at radius 1 is 1.42 bits per heavy atom. The van der Waals surface area contributed by atoms with E-state index >= 15 is 0 Å². The van der Waals surface area contributed by atoms with Gasteiger partial charge in [0.05, 0.1) is 0 Å². The van der Waals surface area contributed by atoms with Crippen LogP contribution in [0, 0.1) is 10.5 Å². The second kappa shape index (κ2) is 7.29. The molecule has 2 amide bonds. The largest absolute Gasteiger partial charge is 0.480 e. The highest BCUT2D eigenvalue weighted by atomic mass is 127. The van der Waals surface area contributed by atoms with E-state index in [-0.39, 0.29) is 13.0 Å². The van der Waals surface area contributed by atoms with Crippen LogP contribution in [0.25, 0.3) is 0 Å². The number of halogens is 1. The number of carbonyl (C=O) groups is 2. The van der Waals surface area contributed by atoms with Crippen molar-refractivity contribution >= 4 is 40.3 Å². The SMILES string of the molecule is Cc1ccc(I)cc1NC(=O)N[C@H](CCO)C(=O)O. The molecule has 1 aromatic carbocycles. The monoisotopic (exact) mass is 378 g/mol. The zero-order valence-electron chi connectivity index (χ0n) is 10.3. The molecule has 6 nitrogen and oxygen atoms in total. The van der Waals surface area contributed by atoms with Crippen molar-refractivity contribution in [3.63, 3.8) is 0 Å². The molecule has 104 valence electrons. The Hall–Kier alpha value is -1.35. The molecule has 0 aromatic heterocycles. The molecule has 0 saturated heterocycles. The summed E-state index contributed by atoms with van der Waals surface area (Å²) in [5, 5.41) is 22.5. The average Bonchev–Trinajstić information content (AvgIpc) is 2.33. The summed E-state index contributed by atoms with van der Waals surface area (Å²) in [7, 11) is 0. The number of carbonyl (C=O) groups excluding carboxylic acids is 1. The smallest absolute Gasteiger partial charge is 0.326 e. The van der Waals surface area contributed by atoms with Crippen LogP contribution in [-0.4, -0.2) is 34.9 Å². The summed E-state index contributed by atoms with van der Waals surface area (Å²) in [6.07, 6.45) is -0.0337. The van der Waals surface area contributed by atoms with Crippen LogP contribution in [0.4, 0.5) is 10.5 Å². The fourth-order valence-corrected chi connectivity index (χ4v) is 1.92. The molecule has 7 heteroatoms. The molecule has 1 aromatic rings. The highest BCUT2D eigenvalue weighted by Gasteiger charge is 2.19. The third kappa shape index (κ3) is 5.03. The van der Waals surface area contributed by atoms with E-state index in [1.54, 1.807) is 6.07 Å². The van der Waals surface area contributed by atoms with Crippen LogP contribution >= 0.6 is 22.6 Å². The minimum Gasteiger partial charge on any atom is -0.480 e. The lowest BCUT2D eigenvalue weighted by molar-refractivity contribution is -0.139. The summed E-state index contributed by atoms with van der Waals surface area (Å²) in [4.78, 5) is 22.5. The molecule has 0 aliphatic heterocycles. The van der Waals surface area contributed by atoms with Crippen molar-refractivity contribution in [3.8, 4) is 0 Å². The van der Waals surface area contributed by atoms with Gasteiger partial charge in [0.25, 0.3) is 0 Å². The van der Waals surface area contributed by atoms with Gasteiger partial charge in [-0.1, -0.05) is 6.07 Å². The summed E-state index contributed by atoms with van der Waals surface area (Å²) in [6.45, 7) is 1.54. The molecular weight excluding hydrogens is 363 g/mol. The number of aryl methyl sites for hydroxylation is 1. The van der Waals surface area contributed by atoms with Crippen molar-refractivity contribution in [3.05, 3.63) is 27.3 Å². The summed E-state index contributed by atoms with van der Waals surface area (Å²) < 4.78 is 0.962. The van der Waals surface area contributed by atoms with E-state index in [1.165, 1.54) is 0 Å². The van der Waals surface area contributed by atoms with E-state index < -0.39 is 18.0 Å². The Labute approximate surface area is 124 Å². The van der Waals surface area contributed by atoms with Crippen molar-refractivity contribution in [1.29, 1.82) is 0 Å². The van der Waals surface area contributed by atoms with Gasteiger partial charge in [-0.15, -0.1) is 0 Å². The topological polar surface area (TPSA) is 98.7 Å². The molecule has 1 rings (SSSR count). The number of carboxylic acid groups (broad SMARTS) is 1. The molecule has 0 heterocycles. The fourth-order valence-electron chi connectivity index (χ4n) is 1.43. The van der Waals surface area contributed by atoms with Crippen molar-refractivity contribution in [1.82, 2.24) is 5.32 Å². The van der Waals surface area contributed by atoms with Gasteiger partial charge in [-0.3, -0.25) is 0 Å². The number of aliphatic hydroxyl groups is 1. The molecule has 0 radical (unpaired) electrons. The molecule has 0 fully saturated rings. The molecule has 0 unspecified atom stereocenters. The average molecular weight is 378 g/mol. The van der Waals surface area contributed by atoms with Gasteiger partial charge in [0.2, 0.25) is 0 Å². The summed E-state index contributed by atoms with van der Waals surface area (Å²) in [5.74, 6) is -1.18. The first-order valence-electron chi connectivity index (χ1n) is 5.61. The number of rotatable bonds is 5. The van der Waals surface area contributed by atoms with Gasteiger partial charge in [0.1, 0.15) is 6.04 Å². The first-order valence-corrected chi connectivity index (χ1v) is 6.69. The zero-order chi connectivity index (χ0) is 14.4. The number of benzene rings is 1. The number of aliphatic carboxylic acids is 1. The Morgan fingerprint density at radius 3 is 2.68 bits per heavy atom. The molecule has 0 saturated carbocycles. The lowest BCUT2D eigenvalue weighted by Crippen LogP contribution is -2.43. The lowest BCUT2D eigenvalue weighted by Gasteiger charge is -2.15. The van der Waals surface area contributed by atoms with E-state index in [0.717, 1.165) is 9.13 Å². The number of hydrogen-bond acceptors (Lipinski definition) is 3. The predicted octanol–water partition coefficient (Wildman–Crippen LogP) is 1.56. The van der Waals surface area contributed by atoms with Crippen molar-refractivity contribution < 1.29 is 19.8 Å². The number of anilines is 1. The summed E-state index contributed by atoms with van der Waals surface area (Å²) in [6, 6.07) is 3.85. The molecule has 4 N–H and O–H groups in total. The summed E-state index contributed by atoms with van der Waals surface area (Å²) >= 11 is 2.12. The van der Waals surface area contributed by atoms with Crippen LogP contribution in [0.5, 0.6) is 0 Å². The van der Waals surface area contributed by atoms with Gasteiger partial charge in [-0.2, -0.15) is 0 Å². The number of amides is 2. The first kappa shape index (κ1) is 15.7. The number of hydrogen-bond donors (Lipinski definition) is 4. The van der Waals surface area contributed by atoms with Gasteiger partial charge < -0.3 is 20.8 Å². The van der Waals surface area contributed by atoms with Crippen LogP contribution in [0.15, 0.2) is 18.2 Å². The highest BCUT2D eigenvalue weighted by Crippen LogP contribution is 2.17. The molecule has 0 aliphatic carbocycles. The zero-order valence-corrected chi connectivity index (χ0v) is 12.5. The Kier molecular flexibility index (Phi) is 6.03. The van der Waals surface area contributed by atoms with Gasteiger partial charge in [0, 0.05) is 22.3 Å². The maximum atomic E-state index is 11.7. The van der Waals surface area contributed by atoms with Crippen LogP contribution < -0.4 is 10.6 Å². The maximum absolute atomic E-state index is 11.7. The number of aliphatic hydroxyl groups excluding tert-OH is 1.